The lowest BCUT2D eigenvalue weighted by molar-refractivity contribution is -0.123. The molecule has 1 aliphatic rings. The molecule has 3 rings (SSSR count). The van der Waals surface area contributed by atoms with Crippen LogP contribution < -0.4 is 5.32 Å². The summed E-state index contributed by atoms with van der Waals surface area (Å²) < 4.78 is 28.9. The maximum absolute atomic E-state index is 13.8. The number of carbonyl (C=O) groups excluding carboxylic acids is 1. The van der Waals surface area contributed by atoms with Gasteiger partial charge in [0, 0.05) is 24.7 Å². The Kier molecular flexibility index (Phi) is 5.09. The Bertz CT molecular complexity index is 673. The zero-order valence-corrected chi connectivity index (χ0v) is 13.0. The molecule has 1 fully saturated rings. The monoisotopic (exact) mass is 336 g/mol. The van der Waals surface area contributed by atoms with Crippen molar-refractivity contribution in [3.63, 3.8) is 0 Å². The van der Waals surface area contributed by atoms with E-state index in [4.69, 9.17) is 0 Å². The van der Waals surface area contributed by atoms with E-state index in [1.54, 1.807) is 0 Å². The number of hydrogen-bond donors (Lipinski definition) is 1. The minimum Gasteiger partial charge on any atom is -0.350 e. The van der Waals surface area contributed by atoms with E-state index >= 15 is 0 Å². The third kappa shape index (κ3) is 4.10. The molecule has 1 aromatic heterocycles. The van der Waals surface area contributed by atoms with Crippen LogP contribution >= 0.6 is 0 Å². The van der Waals surface area contributed by atoms with E-state index in [0.717, 1.165) is 19.4 Å². The van der Waals surface area contributed by atoms with Crippen LogP contribution in [0, 0.1) is 11.6 Å². The van der Waals surface area contributed by atoms with Gasteiger partial charge in [-0.15, -0.1) is 5.10 Å². The molecule has 1 atom stereocenters. The first-order valence-electron chi connectivity index (χ1n) is 7.77. The molecular formula is C15H18F2N6O. The van der Waals surface area contributed by atoms with Crippen molar-refractivity contribution in [1.82, 2.24) is 30.4 Å². The van der Waals surface area contributed by atoms with Gasteiger partial charge >= 0.3 is 0 Å². The van der Waals surface area contributed by atoms with Crippen molar-refractivity contribution in [3.05, 3.63) is 41.7 Å². The van der Waals surface area contributed by atoms with Crippen LogP contribution in [0.3, 0.4) is 0 Å². The van der Waals surface area contributed by atoms with Crippen LogP contribution in [0.2, 0.25) is 0 Å². The van der Waals surface area contributed by atoms with Crippen LogP contribution in [0.4, 0.5) is 8.78 Å². The van der Waals surface area contributed by atoms with E-state index in [9.17, 15) is 13.6 Å². The number of piperidine rings is 1. The van der Waals surface area contributed by atoms with Gasteiger partial charge in [-0.05, 0) is 41.9 Å². The third-order valence-corrected chi connectivity index (χ3v) is 4.01. The van der Waals surface area contributed by atoms with Crippen LogP contribution in [-0.2, 0) is 17.9 Å². The number of benzene rings is 1. The Morgan fingerprint density at radius 3 is 2.83 bits per heavy atom. The fraction of sp³-hybridized carbons (Fsp3) is 0.467. The largest absolute Gasteiger partial charge is 0.350 e. The van der Waals surface area contributed by atoms with E-state index in [1.807, 2.05) is 4.90 Å². The van der Waals surface area contributed by atoms with E-state index < -0.39 is 11.6 Å². The smallest absolute Gasteiger partial charge is 0.242 e. The Morgan fingerprint density at radius 2 is 2.12 bits per heavy atom. The van der Waals surface area contributed by atoms with Gasteiger partial charge in [0.25, 0.3) is 0 Å². The number of amides is 1. The summed E-state index contributed by atoms with van der Waals surface area (Å²) in [7, 11) is 0. The average Bonchev–Trinajstić information content (AvgIpc) is 3.04. The molecule has 1 saturated heterocycles. The van der Waals surface area contributed by atoms with Gasteiger partial charge in [-0.3, -0.25) is 9.69 Å². The van der Waals surface area contributed by atoms with Crippen LogP contribution in [-0.4, -0.2) is 50.1 Å². The Morgan fingerprint density at radius 1 is 1.33 bits per heavy atom. The molecule has 1 unspecified atom stereocenters. The molecule has 128 valence electrons. The molecule has 1 N–H and O–H groups in total. The maximum atomic E-state index is 13.8. The van der Waals surface area contributed by atoms with Gasteiger partial charge in [-0.1, -0.05) is 6.07 Å². The molecule has 7 nitrogen and oxygen atoms in total. The van der Waals surface area contributed by atoms with Gasteiger partial charge in [0.15, 0.2) is 0 Å². The number of halogens is 2. The van der Waals surface area contributed by atoms with E-state index in [0.29, 0.717) is 6.54 Å². The molecule has 0 spiro atoms. The second kappa shape index (κ2) is 7.43. The van der Waals surface area contributed by atoms with Crippen LogP contribution in [0.25, 0.3) is 0 Å². The minimum absolute atomic E-state index is 0.0471. The normalized spacial score (nSPS) is 18.5. The summed E-state index contributed by atoms with van der Waals surface area (Å²) in [6.45, 7) is 1.53. The molecule has 1 aromatic carbocycles. The SMILES string of the molecule is O=C(Cn1cnnn1)NC1CCCN(Cc2c(F)cccc2F)C1. The zero-order valence-electron chi connectivity index (χ0n) is 13.0. The highest BCUT2D eigenvalue weighted by Gasteiger charge is 2.23. The van der Waals surface area contributed by atoms with E-state index in [1.165, 1.54) is 29.2 Å². The first kappa shape index (κ1) is 16.4. The summed E-state index contributed by atoms with van der Waals surface area (Å²) >= 11 is 0. The lowest BCUT2D eigenvalue weighted by Gasteiger charge is -2.33. The molecule has 0 saturated carbocycles. The number of nitrogens with zero attached hydrogens (tertiary/aromatic N) is 5. The van der Waals surface area contributed by atoms with Gasteiger partial charge in [-0.2, -0.15) is 0 Å². The van der Waals surface area contributed by atoms with Gasteiger partial charge in [-0.25, -0.2) is 13.5 Å². The van der Waals surface area contributed by atoms with Gasteiger partial charge < -0.3 is 5.32 Å². The fourth-order valence-electron chi connectivity index (χ4n) is 2.90. The number of aromatic nitrogens is 4. The molecule has 0 bridgehead atoms. The van der Waals surface area contributed by atoms with Crippen molar-refractivity contribution >= 4 is 5.91 Å². The summed E-state index contributed by atoms with van der Waals surface area (Å²) in [5.41, 5.74) is 0.0677. The van der Waals surface area contributed by atoms with Gasteiger partial charge in [0.1, 0.15) is 24.5 Å². The highest BCUT2D eigenvalue weighted by Crippen LogP contribution is 2.18. The second-order valence-corrected chi connectivity index (χ2v) is 5.85. The summed E-state index contributed by atoms with van der Waals surface area (Å²) in [6, 6.07) is 3.81. The molecule has 1 amide bonds. The maximum Gasteiger partial charge on any atom is 0.242 e. The van der Waals surface area contributed by atoms with Crippen molar-refractivity contribution in [2.75, 3.05) is 13.1 Å². The molecule has 0 aliphatic carbocycles. The molecule has 2 heterocycles. The highest BCUT2D eigenvalue weighted by atomic mass is 19.1. The van der Waals surface area contributed by atoms with Crippen molar-refractivity contribution in [2.45, 2.75) is 32.0 Å². The predicted molar refractivity (Wildman–Crippen MR) is 80.6 cm³/mol. The van der Waals surface area contributed by atoms with Crippen molar-refractivity contribution in [2.24, 2.45) is 0 Å². The molecule has 9 heteroatoms. The second-order valence-electron chi connectivity index (χ2n) is 5.85. The standard InChI is InChI=1S/C15H18F2N6O/c16-13-4-1-5-14(17)12(13)8-22-6-2-3-11(7-22)19-15(24)9-23-10-18-20-21-23/h1,4-5,10-11H,2-3,6-9H2,(H,19,24). The number of rotatable bonds is 5. The van der Waals surface area contributed by atoms with Crippen LogP contribution in [0.1, 0.15) is 18.4 Å². The van der Waals surface area contributed by atoms with Crippen molar-refractivity contribution in [3.8, 4) is 0 Å². The van der Waals surface area contributed by atoms with Crippen LogP contribution in [0.15, 0.2) is 24.5 Å². The summed E-state index contributed by atoms with van der Waals surface area (Å²) in [5.74, 6) is -1.27. The summed E-state index contributed by atoms with van der Waals surface area (Å²) in [4.78, 5) is 13.9. The fourth-order valence-corrected chi connectivity index (χ4v) is 2.90. The molecule has 2 aromatic rings. The Labute approximate surface area is 137 Å². The van der Waals surface area contributed by atoms with Gasteiger partial charge in [0.2, 0.25) is 5.91 Å². The summed E-state index contributed by atoms with van der Waals surface area (Å²) in [6.07, 6.45) is 3.05. The topological polar surface area (TPSA) is 75.9 Å². The van der Waals surface area contributed by atoms with E-state index in [2.05, 4.69) is 20.8 Å². The van der Waals surface area contributed by atoms with Gasteiger partial charge in [0.05, 0.1) is 0 Å². The highest BCUT2D eigenvalue weighted by molar-refractivity contribution is 5.75. The first-order valence-corrected chi connectivity index (χ1v) is 7.77. The number of nitrogens with one attached hydrogen (secondary N) is 1. The quantitative estimate of drug-likeness (QED) is 0.871. The Hall–Kier alpha value is -2.42. The molecule has 0 radical (unpaired) electrons. The number of carbonyl (C=O) groups is 1. The van der Waals surface area contributed by atoms with E-state index in [-0.39, 0.29) is 30.6 Å². The Balaban J connectivity index is 1.55. The van der Waals surface area contributed by atoms with Crippen LogP contribution in [0.5, 0.6) is 0 Å². The molecular weight excluding hydrogens is 318 g/mol. The lowest BCUT2D eigenvalue weighted by atomic mass is 10.0. The first-order chi connectivity index (χ1) is 11.6. The number of hydrogen-bond acceptors (Lipinski definition) is 5. The predicted octanol–water partition coefficient (Wildman–Crippen LogP) is 0.732. The van der Waals surface area contributed by atoms with Crippen molar-refractivity contribution in [1.29, 1.82) is 0 Å². The third-order valence-electron chi connectivity index (χ3n) is 4.01. The molecule has 24 heavy (non-hydrogen) atoms. The van der Waals surface area contributed by atoms with Crippen molar-refractivity contribution < 1.29 is 13.6 Å². The molecule has 1 aliphatic heterocycles. The lowest BCUT2D eigenvalue weighted by Crippen LogP contribution is -2.48. The summed E-state index contributed by atoms with van der Waals surface area (Å²) in [5, 5.41) is 13.5. The minimum atomic E-state index is -0.542. The number of likely N-dealkylation sites (tertiary alicyclic amines) is 1. The average molecular weight is 336 g/mol. The number of tetrazole rings is 1. The zero-order chi connectivity index (χ0) is 16.9.